The standard InChI is InChI=1S/2C25H29.C2H6Si.2ClH.Zr/c2*1-18-12-19(2)14-23(13-18)24-11-7-10-22-16-21(17-25(22)24)15-20-8-5-3-4-6-9-20;1-3-2;;;/h2*7,10-14,16-17,20H,3-6,8-9,15H2,1-2H3;1-2H3;2*1H;/q2*-1;;;;+4/p-2. The number of aryl methyl sites for hydroxylation is 4. The molecule has 0 spiro atoms. The van der Waals surface area contributed by atoms with Gasteiger partial charge < -0.3 is 0 Å². The van der Waals surface area contributed by atoms with Crippen molar-refractivity contribution < 1.29 is 20.8 Å². The fraction of sp³-hybridized carbons (Fsp3) is 0.423. The van der Waals surface area contributed by atoms with Crippen molar-refractivity contribution in [2.45, 2.75) is 131 Å². The molecule has 2 aliphatic rings. The fourth-order valence-electron chi connectivity index (χ4n) is 9.40. The van der Waals surface area contributed by atoms with Crippen LogP contribution in [0, 0.1) is 39.5 Å². The van der Waals surface area contributed by atoms with Crippen molar-refractivity contribution in [2.24, 2.45) is 11.8 Å². The first kappa shape index (κ1) is 44.9. The van der Waals surface area contributed by atoms with Gasteiger partial charge in [-0.3, -0.25) is 0 Å². The monoisotopic (exact) mass is 876 g/mol. The van der Waals surface area contributed by atoms with E-state index in [0.717, 1.165) is 21.4 Å². The molecule has 8 rings (SSSR count). The summed E-state index contributed by atoms with van der Waals surface area (Å²) in [5, 5.41) is 5.66. The molecule has 0 aromatic heterocycles. The Bertz CT molecular complexity index is 1880. The average Bonchev–Trinajstić information content (AvgIpc) is 3.54. The minimum atomic E-state index is -0.826. The molecule has 0 heterocycles. The van der Waals surface area contributed by atoms with E-state index >= 15 is 0 Å². The molecule has 6 aromatic carbocycles. The second-order valence-corrected chi connectivity index (χ2v) is 21.5. The first-order valence-electron chi connectivity index (χ1n) is 21.3. The van der Waals surface area contributed by atoms with Gasteiger partial charge in [0.05, 0.1) is 0 Å². The molecule has 2 fully saturated rings. The second-order valence-electron chi connectivity index (χ2n) is 16.8. The molecule has 294 valence electrons. The van der Waals surface area contributed by atoms with Crippen molar-refractivity contribution in [1.29, 1.82) is 0 Å². The van der Waals surface area contributed by atoms with Crippen LogP contribution in [0.15, 0.2) is 97.1 Å². The van der Waals surface area contributed by atoms with Crippen molar-refractivity contribution in [3.63, 3.8) is 0 Å². The van der Waals surface area contributed by atoms with Gasteiger partial charge in [-0.25, -0.2) is 0 Å². The summed E-state index contributed by atoms with van der Waals surface area (Å²) in [6.07, 6.45) is 19.7. The van der Waals surface area contributed by atoms with Gasteiger partial charge in [0.2, 0.25) is 0 Å². The molecule has 4 heteroatoms. The van der Waals surface area contributed by atoms with Crippen LogP contribution in [-0.2, 0) is 33.7 Å². The van der Waals surface area contributed by atoms with Crippen molar-refractivity contribution in [1.82, 2.24) is 0 Å². The Morgan fingerprint density at radius 1 is 0.518 bits per heavy atom. The summed E-state index contributed by atoms with van der Waals surface area (Å²) < 4.78 is 0. The Hall–Kier alpha value is -2.22. The minimum absolute atomic E-state index is 0.826. The number of hydrogen-bond acceptors (Lipinski definition) is 0. The van der Waals surface area contributed by atoms with Crippen LogP contribution in [-0.4, -0.2) is 9.52 Å². The molecule has 2 saturated carbocycles. The van der Waals surface area contributed by atoms with Crippen molar-refractivity contribution in [3.05, 3.63) is 130 Å². The molecular weight excluding hydrogens is 815 g/mol. The average molecular weight is 879 g/mol. The molecule has 0 amide bonds. The number of benzene rings is 4. The molecule has 0 unspecified atom stereocenters. The van der Waals surface area contributed by atoms with Gasteiger partial charge in [-0.05, 0) is 63.5 Å². The number of rotatable bonds is 6. The van der Waals surface area contributed by atoms with Gasteiger partial charge in [-0.15, -0.1) is 69.1 Å². The Morgan fingerprint density at radius 2 is 0.839 bits per heavy atom. The van der Waals surface area contributed by atoms with Gasteiger partial charge in [-0.1, -0.05) is 172 Å². The summed E-state index contributed by atoms with van der Waals surface area (Å²) in [6, 6.07) is 37.1. The third kappa shape index (κ3) is 13.4. The topological polar surface area (TPSA) is 0 Å². The van der Waals surface area contributed by atoms with Gasteiger partial charge in [0, 0.05) is 9.52 Å². The van der Waals surface area contributed by atoms with Gasteiger partial charge in [0.1, 0.15) is 0 Å². The Morgan fingerprint density at radius 3 is 1.16 bits per heavy atom. The molecule has 56 heavy (non-hydrogen) atoms. The maximum atomic E-state index is 4.93. The normalized spacial score (nSPS) is 15.0. The third-order valence-corrected chi connectivity index (χ3v) is 11.7. The number of halogens is 2. The van der Waals surface area contributed by atoms with Crippen LogP contribution in [0.25, 0.3) is 43.8 Å². The van der Waals surface area contributed by atoms with Crippen LogP contribution < -0.4 is 0 Å². The first-order chi connectivity index (χ1) is 27.2. The van der Waals surface area contributed by atoms with Crippen LogP contribution in [0.5, 0.6) is 0 Å². The summed E-state index contributed by atoms with van der Waals surface area (Å²) in [4.78, 5) is 0. The van der Waals surface area contributed by atoms with E-state index in [0.29, 0.717) is 0 Å². The van der Waals surface area contributed by atoms with Crippen LogP contribution in [0.3, 0.4) is 0 Å². The molecule has 0 atom stereocenters. The van der Waals surface area contributed by atoms with Crippen LogP contribution in [0.1, 0.15) is 110 Å². The zero-order chi connectivity index (χ0) is 39.9. The zero-order valence-electron chi connectivity index (χ0n) is 35.0. The third-order valence-electron chi connectivity index (χ3n) is 11.7. The van der Waals surface area contributed by atoms with Gasteiger partial charge in [-0.2, -0.15) is 12.1 Å². The van der Waals surface area contributed by atoms with E-state index in [-0.39, 0.29) is 0 Å². The molecule has 2 radical (unpaired) electrons. The predicted molar refractivity (Wildman–Crippen MR) is 248 cm³/mol. The van der Waals surface area contributed by atoms with Gasteiger partial charge >= 0.3 is 37.9 Å². The summed E-state index contributed by atoms with van der Waals surface area (Å²) in [5.41, 5.74) is 13.9. The van der Waals surface area contributed by atoms with E-state index < -0.39 is 20.8 Å². The molecular formula is C52H64Cl2SiZr. The Balaban J connectivity index is 0.000000188. The molecule has 6 aromatic rings. The second kappa shape index (κ2) is 23.4. The van der Waals surface area contributed by atoms with Crippen molar-refractivity contribution >= 4 is 48.1 Å². The SMILES string of the molecule is C[Si]C.Cc1cc(C)cc(-c2cccc3[cH-]c(CC4CCCCCC4)cc23)c1.Cc1cc(C)cc(-c2cccc3[cH-]c(CC4CCCCCC4)cc23)c1.[Cl][Zr+2][Cl]. The van der Waals surface area contributed by atoms with E-state index in [4.69, 9.17) is 17.0 Å². The van der Waals surface area contributed by atoms with Crippen LogP contribution >= 0.6 is 17.0 Å². The summed E-state index contributed by atoms with van der Waals surface area (Å²) in [6.45, 7) is 13.1. The summed E-state index contributed by atoms with van der Waals surface area (Å²) >= 11 is -0.826. The summed E-state index contributed by atoms with van der Waals surface area (Å²) in [7, 11) is 11.0. The predicted octanol–water partition coefficient (Wildman–Crippen LogP) is 16.9. The van der Waals surface area contributed by atoms with Crippen molar-refractivity contribution in [2.75, 3.05) is 0 Å². The quantitative estimate of drug-likeness (QED) is 0.0888. The summed E-state index contributed by atoms with van der Waals surface area (Å²) in [5.74, 6) is 1.79. The number of fused-ring (bicyclic) bond motifs is 2. The Kier molecular flexibility index (Phi) is 18.7. The van der Waals surface area contributed by atoms with E-state index in [1.54, 1.807) is 11.1 Å². The van der Waals surface area contributed by atoms with E-state index in [1.165, 1.54) is 156 Å². The molecule has 0 saturated heterocycles. The molecule has 0 aliphatic heterocycles. The zero-order valence-corrected chi connectivity index (χ0v) is 40.0. The maximum absolute atomic E-state index is 4.93. The molecule has 0 bridgehead atoms. The fourth-order valence-corrected chi connectivity index (χ4v) is 9.40. The van der Waals surface area contributed by atoms with E-state index in [1.807, 2.05) is 0 Å². The van der Waals surface area contributed by atoms with Crippen LogP contribution in [0.4, 0.5) is 0 Å². The van der Waals surface area contributed by atoms with Gasteiger partial charge in [0.25, 0.3) is 0 Å². The Labute approximate surface area is 361 Å². The molecule has 2 aliphatic carbocycles. The number of hydrogen-bond donors (Lipinski definition) is 0. The van der Waals surface area contributed by atoms with Crippen LogP contribution in [0.2, 0.25) is 13.1 Å². The van der Waals surface area contributed by atoms with E-state index in [9.17, 15) is 0 Å². The molecule has 0 nitrogen and oxygen atoms in total. The first-order valence-corrected chi connectivity index (χ1v) is 29.6. The van der Waals surface area contributed by atoms with Crippen molar-refractivity contribution in [3.8, 4) is 22.3 Å². The molecule has 0 N–H and O–H groups in total. The van der Waals surface area contributed by atoms with E-state index in [2.05, 4.69) is 138 Å². The van der Waals surface area contributed by atoms with Gasteiger partial charge in [0.15, 0.2) is 0 Å².